The molecule has 0 unspecified atom stereocenters. The van der Waals surface area contributed by atoms with Gasteiger partial charge in [0.05, 0.1) is 24.7 Å². The van der Waals surface area contributed by atoms with Crippen LogP contribution in [0.2, 0.25) is 0 Å². The summed E-state index contributed by atoms with van der Waals surface area (Å²) in [5, 5.41) is 4.62. The maximum atomic E-state index is 12.9. The number of carbonyl (C=O) groups excluding carboxylic acids is 1. The maximum Gasteiger partial charge on any atom is 0.274 e. The van der Waals surface area contributed by atoms with E-state index in [9.17, 15) is 4.79 Å². The molecule has 0 saturated carbocycles. The van der Waals surface area contributed by atoms with E-state index >= 15 is 0 Å². The van der Waals surface area contributed by atoms with Crippen LogP contribution in [0.25, 0.3) is 16.9 Å². The number of pyridine rings is 1. The lowest BCUT2D eigenvalue weighted by molar-refractivity contribution is 0.0393. The van der Waals surface area contributed by atoms with Crippen molar-refractivity contribution in [3.05, 3.63) is 60.4 Å². The Kier molecular flexibility index (Phi) is 4.83. The minimum absolute atomic E-state index is 0.0458. The minimum atomic E-state index is -0.0458. The van der Waals surface area contributed by atoms with E-state index in [0.717, 1.165) is 30.0 Å². The molecule has 0 atom stereocenters. The second kappa shape index (κ2) is 7.44. The van der Waals surface area contributed by atoms with E-state index in [1.54, 1.807) is 24.1 Å². The van der Waals surface area contributed by atoms with Crippen LogP contribution in [-0.2, 0) is 0 Å². The van der Waals surface area contributed by atoms with Gasteiger partial charge in [-0.25, -0.2) is 9.67 Å². The predicted molar refractivity (Wildman–Crippen MR) is 107 cm³/mol. The second-order valence-corrected chi connectivity index (χ2v) is 7.08. The molecule has 0 bridgehead atoms. The van der Waals surface area contributed by atoms with Gasteiger partial charge in [0.2, 0.25) is 5.88 Å². The number of carbonyl (C=O) groups is 1. The topological polar surface area (TPSA) is 63.5 Å². The molecule has 2 aromatic heterocycles. The summed E-state index contributed by atoms with van der Waals surface area (Å²) in [7, 11) is 5.65. The lowest BCUT2D eigenvalue weighted by atomic mass is 10.1. The van der Waals surface area contributed by atoms with E-state index in [-0.39, 0.29) is 5.91 Å². The van der Waals surface area contributed by atoms with Crippen molar-refractivity contribution >= 4 is 5.91 Å². The Balaban J connectivity index is 1.69. The molecule has 0 N–H and O–H groups in total. The molecule has 1 aromatic carbocycles. The first-order valence-corrected chi connectivity index (χ1v) is 9.18. The third kappa shape index (κ3) is 3.36. The quantitative estimate of drug-likeness (QED) is 0.683. The molecule has 1 fully saturated rings. The summed E-state index contributed by atoms with van der Waals surface area (Å²) in [6.07, 6.45) is 1.69. The number of hydrogen-bond acceptors (Lipinski definition) is 5. The van der Waals surface area contributed by atoms with Crippen molar-refractivity contribution in [2.24, 2.45) is 0 Å². The van der Waals surface area contributed by atoms with E-state index in [1.165, 1.54) is 0 Å². The van der Waals surface area contributed by atoms with Crippen LogP contribution in [0.15, 0.2) is 54.7 Å². The van der Waals surface area contributed by atoms with Crippen molar-refractivity contribution in [1.82, 2.24) is 24.6 Å². The molecule has 0 radical (unpaired) electrons. The summed E-state index contributed by atoms with van der Waals surface area (Å²) < 4.78 is 6.90. The Hall–Kier alpha value is -3.19. The van der Waals surface area contributed by atoms with E-state index in [0.29, 0.717) is 17.6 Å². The highest BCUT2D eigenvalue weighted by molar-refractivity contribution is 5.94. The van der Waals surface area contributed by atoms with Crippen LogP contribution in [0.4, 0.5) is 0 Å². The van der Waals surface area contributed by atoms with Crippen LogP contribution in [0.3, 0.4) is 0 Å². The van der Waals surface area contributed by atoms with Gasteiger partial charge >= 0.3 is 0 Å². The van der Waals surface area contributed by atoms with Crippen LogP contribution in [0.5, 0.6) is 5.88 Å². The second-order valence-electron chi connectivity index (χ2n) is 7.08. The van der Waals surface area contributed by atoms with Crippen molar-refractivity contribution in [2.45, 2.75) is 6.04 Å². The average Bonchev–Trinajstić information content (AvgIpc) is 3.12. The lowest BCUT2D eigenvalue weighted by Crippen LogP contribution is -2.59. The van der Waals surface area contributed by atoms with Crippen molar-refractivity contribution in [3.8, 4) is 22.8 Å². The van der Waals surface area contributed by atoms with Crippen molar-refractivity contribution in [1.29, 1.82) is 0 Å². The Morgan fingerprint density at radius 3 is 2.50 bits per heavy atom. The minimum Gasteiger partial charge on any atom is -0.481 e. The van der Waals surface area contributed by atoms with Gasteiger partial charge in [-0.15, -0.1) is 0 Å². The summed E-state index contributed by atoms with van der Waals surface area (Å²) in [6, 6.07) is 15.8. The summed E-state index contributed by atoms with van der Waals surface area (Å²) in [4.78, 5) is 21.2. The molecule has 1 amide bonds. The summed E-state index contributed by atoms with van der Waals surface area (Å²) >= 11 is 0. The first kappa shape index (κ1) is 18.2. The Morgan fingerprint density at radius 2 is 1.89 bits per heavy atom. The van der Waals surface area contributed by atoms with E-state index in [1.807, 2.05) is 61.5 Å². The van der Waals surface area contributed by atoms with E-state index < -0.39 is 0 Å². The van der Waals surface area contributed by atoms with Crippen LogP contribution in [0, 0.1) is 0 Å². The summed E-state index contributed by atoms with van der Waals surface area (Å²) in [5.41, 5.74) is 3.04. The van der Waals surface area contributed by atoms with Crippen LogP contribution >= 0.6 is 0 Å². The largest absolute Gasteiger partial charge is 0.481 e. The van der Waals surface area contributed by atoms with Crippen LogP contribution in [0.1, 0.15) is 10.5 Å². The number of likely N-dealkylation sites (N-methyl/N-ethyl adjacent to an activating group) is 1. The van der Waals surface area contributed by atoms with Crippen molar-refractivity contribution in [2.75, 3.05) is 34.3 Å². The number of nitrogens with zero attached hydrogens (tertiary/aromatic N) is 5. The number of likely N-dealkylation sites (tertiary alicyclic amines) is 1. The Labute approximate surface area is 164 Å². The molecule has 7 nitrogen and oxygen atoms in total. The monoisotopic (exact) mass is 377 g/mol. The zero-order valence-corrected chi connectivity index (χ0v) is 16.2. The first-order valence-electron chi connectivity index (χ1n) is 9.18. The smallest absolute Gasteiger partial charge is 0.274 e. The Morgan fingerprint density at radius 1 is 1.14 bits per heavy atom. The highest BCUT2D eigenvalue weighted by atomic mass is 16.5. The number of benzene rings is 1. The van der Waals surface area contributed by atoms with Crippen LogP contribution in [-0.4, -0.2) is 70.8 Å². The van der Waals surface area contributed by atoms with Gasteiger partial charge in [0.15, 0.2) is 5.69 Å². The molecular weight excluding hydrogens is 354 g/mol. The zero-order valence-electron chi connectivity index (χ0n) is 16.2. The van der Waals surface area contributed by atoms with E-state index in [2.05, 4.69) is 15.0 Å². The molecule has 4 rings (SSSR count). The van der Waals surface area contributed by atoms with Gasteiger partial charge < -0.3 is 14.5 Å². The molecule has 3 heterocycles. The molecule has 1 aliphatic rings. The van der Waals surface area contributed by atoms with Gasteiger partial charge in [-0.1, -0.05) is 30.3 Å². The van der Waals surface area contributed by atoms with Gasteiger partial charge in [-0.05, 0) is 26.2 Å². The molecule has 7 heteroatoms. The van der Waals surface area contributed by atoms with Crippen molar-refractivity contribution < 1.29 is 9.53 Å². The highest BCUT2D eigenvalue weighted by Crippen LogP contribution is 2.26. The first-order chi connectivity index (χ1) is 13.6. The molecule has 1 aliphatic heterocycles. The fourth-order valence-corrected chi connectivity index (χ4v) is 3.23. The van der Waals surface area contributed by atoms with Gasteiger partial charge in [-0.3, -0.25) is 4.79 Å². The molecular formula is C21H23N5O2. The molecule has 3 aromatic rings. The average molecular weight is 377 g/mol. The summed E-state index contributed by atoms with van der Waals surface area (Å²) in [5.74, 6) is 0.485. The predicted octanol–water partition coefficient (Wildman–Crippen LogP) is 2.33. The number of amides is 1. The lowest BCUT2D eigenvalue weighted by Gasteiger charge is -2.42. The van der Waals surface area contributed by atoms with Gasteiger partial charge in [0, 0.05) is 30.8 Å². The molecule has 144 valence electrons. The fraction of sp³-hybridized carbons (Fsp3) is 0.286. The maximum absolute atomic E-state index is 12.9. The molecule has 1 saturated heterocycles. The van der Waals surface area contributed by atoms with Crippen LogP contribution < -0.4 is 4.74 Å². The fourth-order valence-electron chi connectivity index (χ4n) is 3.23. The molecule has 0 spiro atoms. The number of methoxy groups -OCH3 is 1. The summed E-state index contributed by atoms with van der Waals surface area (Å²) in [6.45, 7) is 1.45. The van der Waals surface area contributed by atoms with Gasteiger partial charge in [0.1, 0.15) is 0 Å². The number of ether oxygens (including phenoxy) is 1. The third-order valence-electron chi connectivity index (χ3n) is 5.05. The Bertz CT molecular complexity index is 960. The zero-order chi connectivity index (χ0) is 19.7. The SMILES string of the molecule is COc1ccc(-n2nc(C(=O)N3CC(N(C)C)C3)cc2-c2ccccc2)cn1. The standard InChI is InChI=1S/C21H23N5O2/c1-24(2)17-13-25(14-17)21(27)18-11-19(15-7-5-4-6-8-15)26(23-18)16-9-10-20(28-3)22-12-16/h4-12,17H,13-14H2,1-3H3. The van der Waals surface area contributed by atoms with Crippen molar-refractivity contribution in [3.63, 3.8) is 0 Å². The van der Waals surface area contributed by atoms with E-state index in [4.69, 9.17) is 4.74 Å². The highest BCUT2D eigenvalue weighted by Gasteiger charge is 2.34. The molecule has 28 heavy (non-hydrogen) atoms. The number of aromatic nitrogens is 3. The molecule has 0 aliphatic carbocycles. The number of rotatable bonds is 5. The normalized spacial score (nSPS) is 14.2. The number of hydrogen-bond donors (Lipinski definition) is 0. The van der Waals surface area contributed by atoms with Gasteiger partial charge in [-0.2, -0.15) is 5.10 Å². The third-order valence-corrected chi connectivity index (χ3v) is 5.05. The van der Waals surface area contributed by atoms with Gasteiger partial charge in [0.25, 0.3) is 5.91 Å².